The van der Waals surface area contributed by atoms with E-state index in [9.17, 15) is 39.6 Å². The lowest BCUT2D eigenvalue weighted by Gasteiger charge is -2.47. The lowest BCUT2D eigenvalue weighted by atomic mass is 9.81. The molecule has 1 saturated carbocycles. The fraction of sp³-hybridized carbons (Fsp3) is 0.692. The summed E-state index contributed by atoms with van der Waals surface area (Å²) in [5.74, 6) is -6.98. The van der Waals surface area contributed by atoms with E-state index in [0.29, 0.717) is 62.8 Å². The van der Waals surface area contributed by atoms with Gasteiger partial charge in [-0.3, -0.25) is 14.4 Å². The van der Waals surface area contributed by atoms with Crippen molar-refractivity contribution in [2.75, 3.05) is 27.4 Å². The maximum absolute atomic E-state index is 14.5. The third-order valence-corrected chi connectivity index (χ3v) is 15.1. The van der Waals surface area contributed by atoms with Crippen LogP contribution in [0.1, 0.15) is 112 Å². The van der Waals surface area contributed by atoms with Crippen LogP contribution in [0.2, 0.25) is 0 Å². The molecular weight excluding hydrogens is 861 g/mol. The molecule has 14 unspecified atom stereocenters. The predicted octanol–water partition coefficient (Wildman–Crippen LogP) is 5.85. The van der Waals surface area contributed by atoms with Gasteiger partial charge in [0.05, 0.1) is 31.0 Å². The first-order valence-corrected chi connectivity index (χ1v) is 24.6. The molecule has 3 fully saturated rings. The molecule has 4 N–H and O–H groups in total. The molecule has 1 aromatic heterocycles. The van der Waals surface area contributed by atoms with Crippen LogP contribution >= 0.6 is 0 Å². The quantitative estimate of drug-likeness (QED) is 0.133. The molecule has 2 saturated heterocycles. The topological polar surface area (TPSA) is 204 Å². The minimum Gasteiger partial charge on any atom is -0.488 e. The molecule has 1 amide bonds. The van der Waals surface area contributed by atoms with Crippen LogP contribution in [0.3, 0.4) is 0 Å². The number of fused-ring (bicyclic) bond motifs is 4. The Hall–Kier alpha value is -3.96. The van der Waals surface area contributed by atoms with E-state index in [0.717, 1.165) is 16.5 Å². The fourth-order valence-corrected chi connectivity index (χ4v) is 10.9. The Morgan fingerprint density at radius 1 is 0.925 bits per heavy atom. The molecule has 3 aliphatic heterocycles. The Bertz CT molecular complexity index is 2100. The Kier molecular flexibility index (Phi) is 18.1. The van der Waals surface area contributed by atoms with Gasteiger partial charge in [-0.25, -0.2) is 4.79 Å². The second-order valence-electron chi connectivity index (χ2n) is 19.9. The number of hydrogen-bond acceptors (Lipinski definition) is 13. The highest BCUT2D eigenvalue weighted by atomic mass is 16.7. The number of hydrogen-bond donors (Lipinski definition) is 4. The van der Waals surface area contributed by atoms with Gasteiger partial charge in [-0.2, -0.15) is 0 Å². The van der Waals surface area contributed by atoms with Crippen molar-refractivity contribution in [1.82, 2.24) is 9.47 Å². The van der Waals surface area contributed by atoms with E-state index in [4.69, 9.17) is 23.7 Å². The first kappa shape index (κ1) is 52.4. The van der Waals surface area contributed by atoms with Gasteiger partial charge in [0.2, 0.25) is 5.79 Å². The molecule has 4 aliphatic rings. The van der Waals surface area contributed by atoms with Gasteiger partial charge >= 0.3 is 5.97 Å². The third kappa shape index (κ3) is 11.9. The minimum atomic E-state index is -2.56. The molecule has 0 spiro atoms. The molecule has 67 heavy (non-hydrogen) atoms. The molecule has 0 radical (unpaired) electrons. The number of aromatic nitrogens is 1. The zero-order chi connectivity index (χ0) is 48.7. The molecule has 1 aliphatic carbocycles. The summed E-state index contributed by atoms with van der Waals surface area (Å²) in [4.78, 5) is 58.3. The van der Waals surface area contributed by atoms with Crippen LogP contribution in [-0.2, 0) is 44.7 Å². The van der Waals surface area contributed by atoms with Gasteiger partial charge in [0.1, 0.15) is 35.9 Å². The number of nitrogens with zero attached hydrogens (tertiary/aromatic N) is 2. The summed E-state index contributed by atoms with van der Waals surface area (Å²) in [6.07, 6.45) is 5.02. The second-order valence-corrected chi connectivity index (χ2v) is 19.9. The van der Waals surface area contributed by atoms with E-state index in [1.54, 1.807) is 13.8 Å². The first-order chi connectivity index (χ1) is 31.9. The molecular formula is C52H76N2O13. The zero-order valence-electron chi connectivity index (χ0n) is 40.8. The van der Waals surface area contributed by atoms with Gasteiger partial charge in [-0.05, 0) is 131 Å². The van der Waals surface area contributed by atoms with Crippen molar-refractivity contribution in [3.8, 4) is 5.75 Å². The Morgan fingerprint density at radius 3 is 2.34 bits per heavy atom. The van der Waals surface area contributed by atoms with E-state index in [1.165, 1.54) is 19.1 Å². The summed E-state index contributed by atoms with van der Waals surface area (Å²) in [6.45, 7) is 11.6. The summed E-state index contributed by atoms with van der Waals surface area (Å²) in [5.41, 5.74) is 2.35. The lowest BCUT2D eigenvalue weighted by Crippen LogP contribution is -2.64. The Balaban J connectivity index is 1.27. The van der Waals surface area contributed by atoms with Crippen LogP contribution in [0.4, 0.5) is 0 Å². The van der Waals surface area contributed by atoms with Crippen LogP contribution in [-0.4, -0.2) is 135 Å². The number of ether oxygens (including phenoxy) is 5. The summed E-state index contributed by atoms with van der Waals surface area (Å²) in [5, 5.41) is 45.5. The molecule has 2 bridgehead atoms. The smallest absolute Gasteiger partial charge is 0.329 e. The van der Waals surface area contributed by atoms with Crippen LogP contribution in [0, 0.1) is 29.6 Å². The largest absolute Gasteiger partial charge is 0.488 e. The average Bonchev–Trinajstić information content (AvgIpc) is 3.72. The molecule has 4 heterocycles. The normalized spacial score (nSPS) is 35.9. The third-order valence-electron chi connectivity index (χ3n) is 15.1. The van der Waals surface area contributed by atoms with Crippen LogP contribution < -0.4 is 4.74 Å². The summed E-state index contributed by atoms with van der Waals surface area (Å²) >= 11 is 0. The number of esters is 1. The highest BCUT2D eigenvalue weighted by molar-refractivity contribution is 6.39. The second kappa shape index (κ2) is 23.1. The molecule has 372 valence electrons. The van der Waals surface area contributed by atoms with E-state index >= 15 is 0 Å². The highest BCUT2D eigenvalue weighted by Gasteiger charge is 2.56. The number of allylic oxidation sites excluding steroid dienone is 2. The number of cyclic esters (lactones) is 1. The van der Waals surface area contributed by atoms with Crippen molar-refractivity contribution in [1.29, 1.82) is 0 Å². The van der Waals surface area contributed by atoms with Crippen LogP contribution in [0.25, 0.3) is 10.9 Å². The Morgan fingerprint density at radius 2 is 1.66 bits per heavy atom. The van der Waals surface area contributed by atoms with Crippen LogP contribution in [0.15, 0.2) is 53.8 Å². The SMILES string of the molecule is CCC1C=C(C)C(O)C(C)CC(OC)C2OC(O)(C(=O)C(=O)N3CCCCC3C(=O)OC(C(C)=CC3CCC(Oc4ccc5c(ccn5CCO)c4)C(O)C3)C(C)CCC1=O)C(C)CC2OC. The predicted molar refractivity (Wildman–Crippen MR) is 251 cm³/mol. The van der Waals surface area contributed by atoms with E-state index in [2.05, 4.69) is 0 Å². The van der Waals surface area contributed by atoms with Crippen molar-refractivity contribution in [3.05, 3.63) is 53.8 Å². The van der Waals surface area contributed by atoms with Crippen molar-refractivity contribution < 1.29 is 63.3 Å². The maximum atomic E-state index is 14.5. The van der Waals surface area contributed by atoms with Crippen molar-refractivity contribution in [3.63, 3.8) is 0 Å². The van der Waals surface area contributed by atoms with E-state index < -0.39 is 90.0 Å². The summed E-state index contributed by atoms with van der Waals surface area (Å²) in [7, 11) is 2.97. The van der Waals surface area contributed by atoms with Crippen molar-refractivity contribution in [2.24, 2.45) is 29.6 Å². The molecule has 2 aromatic rings. The summed E-state index contributed by atoms with van der Waals surface area (Å²) < 4.78 is 32.6. The van der Waals surface area contributed by atoms with Gasteiger partial charge in [0.15, 0.2) is 0 Å². The number of aliphatic hydroxyl groups is 4. The molecule has 6 rings (SSSR count). The monoisotopic (exact) mass is 937 g/mol. The number of rotatable bonds is 9. The number of methoxy groups -OCH3 is 2. The van der Waals surface area contributed by atoms with Crippen molar-refractivity contribution >= 4 is 34.3 Å². The van der Waals surface area contributed by atoms with Gasteiger partial charge in [-0.15, -0.1) is 0 Å². The number of ketones is 2. The number of carbonyl (C=O) groups is 4. The standard InChI is InChI=1S/C52H76N2O13/c1-9-36-25-31(3)46(58)32(4)26-44(63-7)48-45(64-8)27-34(6)52(62,67-48)49(59)50(60)54-20-11-10-12-40(54)51(61)66-47(30(2)13-17-41(36)56)33(5)24-35-14-18-43(42(57)28-35)65-38-15-16-39-37(29-38)19-21-53(39)22-23-55/h15-16,19,21,24-25,29-30,32,34-36,40,42-48,55,57-58,62H,9-14,17-18,20,22-23,26-28H2,1-8H3. The number of aliphatic hydroxyl groups excluding tert-OH is 3. The highest BCUT2D eigenvalue weighted by Crippen LogP contribution is 2.40. The number of piperidine rings is 1. The van der Waals surface area contributed by atoms with Crippen molar-refractivity contribution in [2.45, 2.75) is 173 Å². The molecule has 15 heteroatoms. The van der Waals surface area contributed by atoms with Gasteiger partial charge in [0, 0.05) is 62.7 Å². The van der Waals surface area contributed by atoms with Gasteiger partial charge in [-0.1, -0.05) is 39.8 Å². The average molecular weight is 937 g/mol. The molecule has 14 atom stereocenters. The number of Topliss-reactive ketones (excluding diaryl/α,β-unsaturated/α-hetero) is 2. The van der Waals surface area contributed by atoms with Gasteiger partial charge in [0.25, 0.3) is 11.7 Å². The molecule has 15 nitrogen and oxygen atoms in total. The fourth-order valence-electron chi connectivity index (χ4n) is 10.9. The van der Waals surface area contributed by atoms with Crippen LogP contribution in [0.5, 0.6) is 5.75 Å². The first-order valence-electron chi connectivity index (χ1n) is 24.6. The number of benzene rings is 1. The maximum Gasteiger partial charge on any atom is 0.329 e. The zero-order valence-corrected chi connectivity index (χ0v) is 40.8. The lowest BCUT2D eigenvalue weighted by molar-refractivity contribution is -0.302. The summed E-state index contributed by atoms with van der Waals surface area (Å²) in [6, 6.07) is 6.62. The number of amides is 1. The van der Waals surface area contributed by atoms with E-state index in [1.807, 2.05) is 74.9 Å². The molecule has 1 aromatic carbocycles. The van der Waals surface area contributed by atoms with E-state index in [-0.39, 0.29) is 56.5 Å². The minimum absolute atomic E-state index is 0.00115. The Labute approximate surface area is 395 Å². The number of carbonyl (C=O) groups excluding carboxylic acids is 4. The van der Waals surface area contributed by atoms with Gasteiger partial charge < -0.3 is 53.6 Å².